The van der Waals surface area contributed by atoms with E-state index in [1.165, 1.54) is 10.9 Å². The van der Waals surface area contributed by atoms with Crippen molar-refractivity contribution in [1.29, 1.82) is 0 Å². The van der Waals surface area contributed by atoms with Crippen LogP contribution in [0.5, 0.6) is 0 Å². The zero-order valence-electron chi connectivity index (χ0n) is 38.8. The molecule has 0 saturated carbocycles. The van der Waals surface area contributed by atoms with Gasteiger partial charge in [0.1, 0.15) is 23.8 Å². The molecule has 3 aromatic heterocycles. The van der Waals surface area contributed by atoms with Crippen molar-refractivity contribution in [3.05, 3.63) is 243 Å². The van der Waals surface area contributed by atoms with Gasteiger partial charge in [-0.25, -0.2) is 19.9 Å². The third kappa shape index (κ3) is 6.02. The van der Waals surface area contributed by atoms with Crippen LogP contribution in [0.2, 0.25) is 0 Å². The van der Waals surface area contributed by atoms with Crippen molar-refractivity contribution in [3.8, 4) is 22.3 Å². The standard InChI is InChI=1S/C62H40B2N8/c1-6-18-41(19-7-1)43-34-44(42-20-8-2-9-21-42)36-48(35-43)70-53-29-17-16-28-49(53)63-51-37-50-56(38-57(51)71(46-24-12-4-13-25-46)61-58(63)55(70)31-32-66-61)69(45-22-10-3-11-23-45)54-30-33-67-62-59(54)64(50)52-39-65-40-68-60(52)72(62)47-26-14-5-15-27-47/h1-40H. The fraction of sp³-hybridized carbons (Fsp3) is 0. The quantitative estimate of drug-likeness (QED) is 0.153. The molecule has 10 heteroatoms. The Bertz CT molecular complexity index is 3860. The fourth-order valence-corrected chi connectivity index (χ4v) is 11.9. The molecule has 0 atom stereocenters. The highest BCUT2D eigenvalue weighted by Crippen LogP contribution is 2.48. The third-order valence-electron chi connectivity index (χ3n) is 14.8. The summed E-state index contributed by atoms with van der Waals surface area (Å²) in [4.78, 5) is 29.9. The molecule has 0 N–H and O–H groups in total. The molecule has 0 amide bonds. The normalized spacial score (nSPS) is 13.4. The van der Waals surface area contributed by atoms with E-state index in [1.54, 1.807) is 6.33 Å². The molecule has 0 fully saturated rings. The Kier molecular flexibility index (Phi) is 8.98. The Labute approximate surface area is 418 Å². The first kappa shape index (κ1) is 40.4. The fourth-order valence-electron chi connectivity index (χ4n) is 11.9. The first-order chi connectivity index (χ1) is 35.8. The van der Waals surface area contributed by atoms with Crippen LogP contribution in [-0.2, 0) is 0 Å². The summed E-state index contributed by atoms with van der Waals surface area (Å²) in [7, 11) is 0. The number of anilines is 12. The Morgan fingerprint density at radius 1 is 0.292 bits per heavy atom. The van der Waals surface area contributed by atoms with Gasteiger partial charge in [-0.05, 0) is 134 Å². The minimum absolute atomic E-state index is 0.168. The second kappa shape index (κ2) is 16.0. The topological polar surface area (TPSA) is 64.5 Å². The molecule has 334 valence electrons. The molecule has 0 saturated heterocycles. The average molecular weight is 919 g/mol. The van der Waals surface area contributed by atoms with Gasteiger partial charge < -0.3 is 9.80 Å². The lowest BCUT2D eigenvalue weighted by atomic mass is 9.30. The van der Waals surface area contributed by atoms with Crippen molar-refractivity contribution >= 4 is 115 Å². The van der Waals surface area contributed by atoms with Crippen LogP contribution in [0.3, 0.4) is 0 Å². The molecule has 0 bridgehead atoms. The number of hydrogen-bond acceptors (Lipinski definition) is 8. The van der Waals surface area contributed by atoms with Crippen molar-refractivity contribution in [2.24, 2.45) is 0 Å². The SMILES string of the molecule is c1ccc(-c2cc(-c3ccccc3)cc(N3c4ccccc4B4c5cc6c(cc5N(c5ccccc5)c5nccc3c54)N(c3ccccc3)c3ccnc4c3B6c3cncnc3N4c3ccccc3)c2)cc1. The predicted octanol–water partition coefficient (Wildman–Crippen LogP) is 10.8. The van der Waals surface area contributed by atoms with E-state index in [0.717, 1.165) is 113 Å². The number of aromatic nitrogens is 4. The number of fused-ring (bicyclic) bond motifs is 8. The molecule has 0 unspecified atom stereocenters. The Hall–Kier alpha value is -9.53. The minimum atomic E-state index is -0.229. The maximum atomic E-state index is 5.40. The Balaban J connectivity index is 1.01. The molecule has 0 spiro atoms. The zero-order valence-corrected chi connectivity index (χ0v) is 38.8. The monoisotopic (exact) mass is 918 g/mol. The zero-order chi connectivity index (χ0) is 47.3. The number of rotatable bonds is 6. The average Bonchev–Trinajstić information content (AvgIpc) is 3.45. The largest absolute Gasteiger partial charge is 0.311 e. The highest BCUT2D eigenvalue weighted by atomic mass is 15.3. The highest BCUT2D eigenvalue weighted by molar-refractivity contribution is 7.03. The van der Waals surface area contributed by atoms with Crippen LogP contribution in [0.4, 0.5) is 68.6 Å². The first-order valence-corrected chi connectivity index (χ1v) is 24.4. The van der Waals surface area contributed by atoms with E-state index in [4.69, 9.17) is 19.9 Å². The van der Waals surface area contributed by atoms with Gasteiger partial charge in [0.2, 0.25) is 0 Å². The van der Waals surface area contributed by atoms with Crippen molar-refractivity contribution in [2.75, 3.05) is 19.6 Å². The predicted molar refractivity (Wildman–Crippen MR) is 297 cm³/mol. The van der Waals surface area contributed by atoms with Gasteiger partial charge in [-0.15, -0.1) is 0 Å². The molecular formula is C62H40B2N8. The van der Waals surface area contributed by atoms with E-state index in [1.807, 2.05) is 24.7 Å². The second-order valence-electron chi connectivity index (χ2n) is 18.7. The van der Waals surface area contributed by atoms with Gasteiger partial charge in [0, 0.05) is 69.8 Å². The molecule has 7 heterocycles. The first-order valence-electron chi connectivity index (χ1n) is 24.4. The summed E-state index contributed by atoms with van der Waals surface area (Å²) >= 11 is 0. The minimum Gasteiger partial charge on any atom is -0.311 e. The van der Waals surface area contributed by atoms with Gasteiger partial charge in [0.15, 0.2) is 0 Å². The van der Waals surface area contributed by atoms with Crippen molar-refractivity contribution in [1.82, 2.24) is 19.9 Å². The van der Waals surface area contributed by atoms with E-state index in [2.05, 4.69) is 232 Å². The number of nitrogens with zero attached hydrogens (tertiary/aromatic N) is 8. The summed E-state index contributed by atoms with van der Waals surface area (Å²) in [5.41, 5.74) is 21.1. The molecule has 4 aliphatic rings. The summed E-state index contributed by atoms with van der Waals surface area (Å²) < 4.78 is 0. The Morgan fingerprint density at radius 3 is 1.36 bits per heavy atom. The van der Waals surface area contributed by atoms with Crippen LogP contribution in [-0.4, -0.2) is 33.4 Å². The van der Waals surface area contributed by atoms with Gasteiger partial charge in [-0.3, -0.25) is 9.80 Å². The van der Waals surface area contributed by atoms with Gasteiger partial charge in [-0.1, -0.05) is 140 Å². The maximum absolute atomic E-state index is 5.40. The molecule has 72 heavy (non-hydrogen) atoms. The number of pyridine rings is 2. The van der Waals surface area contributed by atoms with Crippen LogP contribution in [0, 0.1) is 0 Å². The van der Waals surface area contributed by atoms with Crippen LogP contribution in [0.1, 0.15) is 0 Å². The molecule has 8 nitrogen and oxygen atoms in total. The summed E-state index contributed by atoms with van der Waals surface area (Å²) in [5.74, 6) is 2.58. The number of benzene rings is 8. The van der Waals surface area contributed by atoms with Crippen LogP contribution in [0.25, 0.3) is 22.3 Å². The molecule has 4 aliphatic heterocycles. The van der Waals surface area contributed by atoms with E-state index in [-0.39, 0.29) is 13.4 Å². The maximum Gasteiger partial charge on any atom is 0.258 e. The van der Waals surface area contributed by atoms with Crippen molar-refractivity contribution in [2.45, 2.75) is 0 Å². The molecule has 11 aromatic rings. The summed E-state index contributed by atoms with van der Waals surface area (Å²) in [6.07, 6.45) is 7.60. The lowest BCUT2D eigenvalue weighted by Crippen LogP contribution is -2.65. The molecule has 15 rings (SSSR count). The highest BCUT2D eigenvalue weighted by Gasteiger charge is 2.49. The van der Waals surface area contributed by atoms with Gasteiger partial charge >= 0.3 is 0 Å². The Morgan fingerprint density at radius 2 is 0.764 bits per heavy atom. The smallest absolute Gasteiger partial charge is 0.258 e. The summed E-state index contributed by atoms with van der Waals surface area (Å²) in [6, 6.07) is 78.6. The molecule has 0 aliphatic carbocycles. The van der Waals surface area contributed by atoms with Crippen LogP contribution in [0.15, 0.2) is 243 Å². The number of hydrogen-bond donors (Lipinski definition) is 0. The molecular weight excluding hydrogens is 878 g/mol. The molecule has 0 radical (unpaired) electrons. The lowest BCUT2D eigenvalue weighted by molar-refractivity contribution is 1.09. The van der Waals surface area contributed by atoms with Crippen molar-refractivity contribution < 1.29 is 0 Å². The summed E-state index contributed by atoms with van der Waals surface area (Å²) in [6.45, 7) is -0.398. The second-order valence-corrected chi connectivity index (χ2v) is 18.7. The van der Waals surface area contributed by atoms with E-state index < -0.39 is 0 Å². The van der Waals surface area contributed by atoms with E-state index >= 15 is 0 Å². The van der Waals surface area contributed by atoms with Gasteiger partial charge in [0.05, 0.1) is 0 Å². The van der Waals surface area contributed by atoms with E-state index in [0.29, 0.717) is 0 Å². The molecule has 8 aromatic carbocycles. The van der Waals surface area contributed by atoms with E-state index in [9.17, 15) is 0 Å². The van der Waals surface area contributed by atoms with Crippen molar-refractivity contribution in [3.63, 3.8) is 0 Å². The lowest BCUT2D eigenvalue weighted by Gasteiger charge is -2.46. The summed E-state index contributed by atoms with van der Waals surface area (Å²) in [5, 5.41) is 0. The third-order valence-corrected chi connectivity index (χ3v) is 14.8. The number of para-hydroxylation sites is 4. The van der Waals surface area contributed by atoms with Gasteiger partial charge in [0.25, 0.3) is 13.4 Å². The van der Waals surface area contributed by atoms with Crippen LogP contribution < -0.4 is 52.4 Å². The van der Waals surface area contributed by atoms with Crippen LogP contribution >= 0.6 is 0 Å². The van der Waals surface area contributed by atoms with Gasteiger partial charge in [-0.2, -0.15) is 0 Å².